The van der Waals surface area contributed by atoms with Crippen LogP contribution in [-0.4, -0.2) is 51.6 Å². The van der Waals surface area contributed by atoms with Gasteiger partial charge in [0.15, 0.2) is 0 Å². The summed E-state index contributed by atoms with van der Waals surface area (Å²) in [6, 6.07) is 1.11. The maximum absolute atomic E-state index is 12.9. The molecule has 0 aromatic rings. The van der Waals surface area contributed by atoms with E-state index in [0.717, 1.165) is 45.1 Å². The highest BCUT2D eigenvalue weighted by atomic mass is 16.4. The van der Waals surface area contributed by atoms with Crippen LogP contribution in [-0.2, 0) is 4.79 Å². The van der Waals surface area contributed by atoms with Gasteiger partial charge in [0, 0.05) is 31.1 Å². The summed E-state index contributed by atoms with van der Waals surface area (Å²) in [5, 5.41) is 8.98. The van der Waals surface area contributed by atoms with Crippen molar-refractivity contribution in [2.75, 3.05) is 6.54 Å². The first-order valence-electron chi connectivity index (χ1n) is 8.37. The van der Waals surface area contributed by atoms with E-state index in [1.807, 2.05) is 4.90 Å². The zero-order valence-corrected chi connectivity index (χ0v) is 12.8. The van der Waals surface area contributed by atoms with Crippen molar-refractivity contribution in [3.63, 3.8) is 0 Å². The molecule has 0 aliphatic carbocycles. The molecule has 3 fully saturated rings. The molecule has 3 atom stereocenters. The lowest BCUT2D eigenvalue weighted by molar-refractivity contribution is -0.138. The SMILES string of the molecule is CC1CCCCN1C(=O)N1C2CCC1CC(CC(=O)O)C2. The van der Waals surface area contributed by atoms with Crippen LogP contribution in [0.3, 0.4) is 0 Å². The van der Waals surface area contributed by atoms with E-state index in [2.05, 4.69) is 11.8 Å². The number of rotatable bonds is 2. The number of carboxylic acid groups (broad SMARTS) is 1. The summed E-state index contributed by atoms with van der Waals surface area (Å²) in [6.07, 6.45) is 7.54. The van der Waals surface area contributed by atoms with Gasteiger partial charge >= 0.3 is 12.0 Å². The summed E-state index contributed by atoms with van der Waals surface area (Å²) in [5.41, 5.74) is 0. The van der Waals surface area contributed by atoms with Crippen molar-refractivity contribution < 1.29 is 14.7 Å². The van der Waals surface area contributed by atoms with Gasteiger partial charge in [-0.25, -0.2) is 4.79 Å². The lowest BCUT2D eigenvalue weighted by atomic mass is 9.88. The van der Waals surface area contributed by atoms with E-state index in [-0.39, 0.29) is 30.5 Å². The van der Waals surface area contributed by atoms with Gasteiger partial charge in [0.05, 0.1) is 0 Å². The number of fused-ring (bicyclic) bond motifs is 2. The molecule has 118 valence electrons. The molecule has 3 unspecified atom stereocenters. The van der Waals surface area contributed by atoms with E-state index in [1.54, 1.807) is 0 Å². The van der Waals surface area contributed by atoms with Gasteiger partial charge in [-0.15, -0.1) is 0 Å². The average molecular weight is 294 g/mol. The number of piperidine rings is 2. The Bertz CT molecular complexity index is 412. The fourth-order valence-electron chi connectivity index (χ4n) is 4.55. The van der Waals surface area contributed by atoms with Crippen LogP contribution in [0.25, 0.3) is 0 Å². The average Bonchev–Trinajstić information content (AvgIpc) is 2.69. The number of amides is 2. The molecule has 3 aliphatic rings. The Balaban J connectivity index is 1.67. The number of carbonyl (C=O) groups is 2. The molecule has 2 bridgehead atoms. The molecule has 3 heterocycles. The van der Waals surface area contributed by atoms with Gasteiger partial charge in [0.1, 0.15) is 0 Å². The molecule has 3 aliphatic heterocycles. The molecule has 0 radical (unpaired) electrons. The molecule has 0 spiro atoms. The minimum Gasteiger partial charge on any atom is -0.481 e. The zero-order chi connectivity index (χ0) is 15.0. The minimum atomic E-state index is -0.705. The number of carboxylic acids is 1. The Morgan fingerprint density at radius 1 is 1.10 bits per heavy atom. The van der Waals surface area contributed by atoms with Crippen LogP contribution in [0.4, 0.5) is 4.79 Å². The molecule has 0 saturated carbocycles. The number of nitrogens with zero attached hydrogens (tertiary/aromatic N) is 2. The van der Waals surface area contributed by atoms with Crippen molar-refractivity contribution in [3.8, 4) is 0 Å². The second kappa shape index (κ2) is 5.85. The van der Waals surface area contributed by atoms with Gasteiger partial charge < -0.3 is 14.9 Å². The Labute approximate surface area is 126 Å². The maximum atomic E-state index is 12.9. The molecule has 2 amide bonds. The molecule has 5 heteroatoms. The standard InChI is InChI=1S/C16H26N2O3/c1-11-4-2-3-7-17(11)16(21)18-13-5-6-14(18)9-12(8-13)10-15(19)20/h11-14H,2-10H2,1H3,(H,19,20). The molecular weight excluding hydrogens is 268 g/mol. The lowest BCUT2D eigenvalue weighted by Crippen LogP contribution is -2.55. The van der Waals surface area contributed by atoms with Crippen LogP contribution in [0.1, 0.15) is 58.3 Å². The van der Waals surface area contributed by atoms with Crippen LogP contribution in [0.2, 0.25) is 0 Å². The number of carbonyl (C=O) groups excluding carboxylic acids is 1. The second-order valence-electron chi connectivity index (χ2n) is 7.05. The maximum Gasteiger partial charge on any atom is 0.320 e. The molecule has 3 saturated heterocycles. The minimum absolute atomic E-state index is 0.212. The third-order valence-electron chi connectivity index (χ3n) is 5.56. The first-order valence-corrected chi connectivity index (χ1v) is 8.37. The van der Waals surface area contributed by atoms with Crippen molar-refractivity contribution >= 4 is 12.0 Å². The number of hydrogen-bond acceptors (Lipinski definition) is 2. The highest BCUT2D eigenvalue weighted by Gasteiger charge is 2.45. The third-order valence-corrected chi connectivity index (χ3v) is 5.56. The first-order chi connectivity index (χ1) is 10.1. The largest absolute Gasteiger partial charge is 0.481 e. The summed E-state index contributed by atoms with van der Waals surface area (Å²) in [5.74, 6) is -0.452. The van der Waals surface area contributed by atoms with Gasteiger partial charge in [-0.2, -0.15) is 0 Å². The number of hydrogen-bond donors (Lipinski definition) is 1. The van der Waals surface area contributed by atoms with Crippen LogP contribution < -0.4 is 0 Å². The molecule has 5 nitrogen and oxygen atoms in total. The predicted molar refractivity (Wildman–Crippen MR) is 79.0 cm³/mol. The van der Waals surface area contributed by atoms with E-state index in [4.69, 9.17) is 5.11 Å². The Hall–Kier alpha value is -1.26. The Morgan fingerprint density at radius 2 is 1.76 bits per heavy atom. The predicted octanol–water partition coefficient (Wildman–Crippen LogP) is 2.70. The summed E-state index contributed by atoms with van der Waals surface area (Å²) in [7, 11) is 0. The molecule has 21 heavy (non-hydrogen) atoms. The van der Waals surface area contributed by atoms with Crippen LogP contribution in [0.15, 0.2) is 0 Å². The quantitative estimate of drug-likeness (QED) is 0.851. The molecule has 0 aromatic carbocycles. The molecule has 0 aromatic heterocycles. The summed E-state index contributed by atoms with van der Waals surface area (Å²) in [6.45, 7) is 3.03. The molecule has 1 N–H and O–H groups in total. The third kappa shape index (κ3) is 2.87. The smallest absolute Gasteiger partial charge is 0.320 e. The second-order valence-corrected chi connectivity index (χ2v) is 7.05. The number of urea groups is 1. The van der Waals surface area contributed by atoms with E-state index < -0.39 is 5.97 Å². The Morgan fingerprint density at radius 3 is 2.33 bits per heavy atom. The molecular formula is C16H26N2O3. The van der Waals surface area contributed by atoms with Crippen LogP contribution >= 0.6 is 0 Å². The van der Waals surface area contributed by atoms with Crippen LogP contribution in [0, 0.1) is 5.92 Å². The van der Waals surface area contributed by atoms with Crippen LogP contribution in [0.5, 0.6) is 0 Å². The fraction of sp³-hybridized carbons (Fsp3) is 0.875. The normalized spacial score (nSPS) is 35.9. The van der Waals surface area contributed by atoms with Gasteiger partial charge in [0.25, 0.3) is 0 Å². The lowest BCUT2D eigenvalue weighted by Gasteiger charge is -2.44. The van der Waals surface area contributed by atoms with Gasteiger partial charge in [-0.3, -0.25) is 4.79 Å². The summed E-state index contributed by atoms with van der Waals surface area (Å²) in [4.78, 5) is 28.0. The number of aliphatic carboxylic acids is 1. The van der Waals surface area contributed by atoms with Gasteiger partial charge in [-0.1, -0.05) is 0 Å². The van der Waals surface area contributed by atoms with E-state index in [0.29, 0.717) is 6.04 Å². The zero-order valence-electron chi connectivity index (χ0n) is 12.8. The van der Waals surface area contributed by atoms with Gasteiger partial charge in [0.2, 0.25) is 0 Å². The first kappa shape index (κ1) is 14.7. The summed E-state index contributed by atoms with van der Waals surface area (Å²) < 4.78 is 0. The highest BCUT2D eigenvalue weighted by molar-refractivity contribution is 5.76. The van der Waals surface area contributed by atoms with Crippen molar-refractivity contribution in [3.05, 3.63) is 0 Å². The number of likely N-dealkylation sites (tertiary alicyclic amines) is 1. The van der Waals surface area contributed by atoms with E-state index in [1.165, 1.54) is 6.42 Å². The van der Waals surface area contributed by atoms with E-state index >= 15 is 0 Å². The Kier molecular flexibility index (Phi) is 4.09. The van der Waals surface area contributed by atoms with Gasteiger partial charge in [-0.05, 0) is 57.8 Å². The van der Waals surface area contributed by atoms with Crippen molar-refractivity contribution in [2.24, 2.45) is 5.92 Å². The van der Waals surface area contributed by atoms with E-state index in [9.17, 15) is 9.59 Å². The van der Waals surface area contributed by atoms with Crippen molar-refractivity contribution in [2.45, 2.75) is 76.4 Å². The van der Waals surface area contributed by atoms with Crippen molar-refractivity contribution in [1.82, 2.24) is 9.80 Å². The monoisotopic (exact) mass is 294 g/mol. The summed E-state index contributed by atoms with van der Waals surface area (Å²) >= 11 is 0. The fourth-order valence-corrected chi connectivity index (χ4v) is 4.55. The van der Waals surface area contributed by atoms with Crippen molar-refractivity contribution in [1.29, 1.82) is 0 Å². The highest BCUT2D eigenvalue weighted by Crippen LogP contribution is 2.41. The topological polar surface area (TPSA) is 60.9 Å². The molecule has 3 rings (SSSR count).